The number of fused-ring (bicyclic) bond motifs is 1. The predicted molar refractivity (Wildman–Crippen MR) is 78.8 cm³/mol. The van der Waals surface area contributed by atoms with Crippen LogP contribution in [0.2, 0.25) is 0 Å². The van der Waals surface area contributed by atoms with Crippen molar-refractivity contribution in [3.63, 3.8) is 0 Å². The van der Waals surface area contributed by atoms with Gasteiger partial charge in [-0.3, -0.25) is 10.2 Å². The summed E-state index contributed by atoms with van der Waals surface area (Å²) in [5.41, 5.74) is 2.36. The van der Waals surface area contributed by atoms with E-state index in [0.717, 1.165) is 10.4 Å². The molecule has 0 bridgehead atoms. The number of nitrogens with zero attached hydrogens (tertiary/aromatic N) is 1. The number of alkyl halides is 3. The number of halogens is 3. The summed E-state index contributed by atoms with van der Waals surface area (Å²) in [4.78, 5) is 11.3. The molecule has 1 aliphatic rings. The van der Waals surface area contributed by atoms with E-state index in [1.807, 2.05) is 0 Å². The molecule has 4 nitrogen and oxygen atoms in total. The lowest BCUT2D eigenvalue weighted by Gasteiger charge is -2.29. The van der Waals surface area contributed by atoms with Crippen molar-refractivity contribution in [1.82, 2.24) is 10.4 Å². The van der Waals surface area contributed by atoms with Gasteiger partial charge >= 0.3 is 6.18 Å². The third-order valence-electron chi connectivity index (χ3n) is 3.87. The van der Waals surface area contributed by atoms with Crippen LogP contribution >= 0.6 is 0 Å². The molecule has 2 aromatic rings. The molecule has 2 aromatic carbocycles. The Balaban J connectivity index is 2.06. The lowest BCUT2D eigenvalue weighted by Crippen LogP contribution is -2.43. The Hall–Kier alpha value is -2.28. The second-order valence-corrected chi connectivity index (χ2v) is 5.36. The third-order valence-corrected chi connectivity index (χ3v) is 3.87. The van der Waals surface area contributed by atoms with Gasteiger partial charge in [-0.25, -0.2) is 5.01 Å². The number of carbonyl (C=O) groups is 1. The van der Waals surface area contributed by atoms with Crippen molar-refractivity contribution in [2.75, 3.05) is 13.7 Å². The van der Waals surface area contributed by atoms with Gasteiger partial charge in [0.1, 0.15) is 11.8 Å². The van der Waals surface area contributed by atoms with E-state index in [0.29, 0.717) is 11.1 Å². The summed E-state index contributed by atoms with van der Waals surface area (Å²) in [5, 5.41) is 2.34. The van der Waals surface area contributed by atoms with Gasteiger partial charge in [-0.15, -0.1) is 0 Å². The number of ether oxygens (including phenoxy) is 1. The Morgan fingerprint density at radius 2 is 2.04 bits per heavy atom. The van der Waals surface area contributed by atoms with Gasteiger partial charge in [0.25, 0.3) is 0 Å². The van der Waals surface area contributed by atoms with E-state index in [1.165, 1.54) is 19.2 Å². The molecule has 23 heavy (non-hydrogen) atoms. The topological polar surface area (TPSA) is 41.6 Å². The Morgan fingerprint density at radius 3 is 2.65 bits per heavy atom. The molecule has 0 radical (unpaired) electrons. The van der Waals surface area contributed by atoms with Gasteiger partial charge < -0.3 is 4.74 Å². The number of hydrogen-bond donors (Lipinski definition) is 1. The van der Waals surface area contributed by atoms with E-state index in [4.69, 9.17) is 4.74 Å². The minimum Gasteiger partial charge on any atom is -0.496 e. The van der Waals surface area contributed by atoms with Crippen LogP contribution < -0.4 is 10.2 Å². The maximum absolute atomic E-state index is 13.5. The first-order valence-corrected chi connectivity index (χ1v) is 7.09. The second-order valence-electron chi connectivity index (χ2n) is 5.36. The molecule has 0 spiro atoms. The molecule has 1 saturated heterocycles. The zero-order valence-corrected chi connectivity index (χ0v) is 12.4. The summed E-state index contributed by atoms with van der Waals surface area (Å²) in [6.07, 6.45) is -4.43. The van der Waals surface area contributed by atoms with Crippen LogP contribution in [-0.2, 0) is 4.79 Å². The van der Waals surface area contributed by atoms with Crippen LogP contribution in [0.15, 0.2) is 36.4 Å². The fraction of sp³-hybridized carbons (Fsp3) is 0.312. The van der Waals surface area contributed by atoms with Gasteiger partial charge in [-0.1, -0.05) is 24.3 Å². The molecule has 0 unspecified atom stereocenters. The molecule has 3 rings (SSSR count). The molecule has 0 aliphatic carbocycles. The van der Waals surface area contributed by atoms with Crippen LogP contribution in [0.1, 0.15) is 18.0 Å². The number of amides is 1. The summed E-state index contributed by atoms with van der Waals surface area (Å²) < 4.78 is 45.8. The average Bonchev–Trinajstić information content (AvgIpc) is 2.91. The molecule has 0 aromatic heterocycles. The van der Waals surface area contributed by atoms with Crippen molar-refractivity contribution < 1.29 is 22.7 Å². The lowest BCUT2D eigenvalue weighted by molar-refractivity contribution is -0.191. The monoisotopic (exact) mass is 324 g/mol. The van der Waals surface area contributed by atoms with Crippen LogP contribution in [0.3, 0.4) is 0 Å². The highest BCUT2D eigenvalue weighted by Crippen LogP contribution is 2.39. The molecular weight excluding hydrogens is 309 g/mol. The second kappa shape index (κ2) is 5.73. The Bertz CT molecular complexity index is 746. The number of methoxy groups -OCH3 is 1. The molecule has 1 N–H and O–H groups in total. The minimum absolute atomic E-state index is 0.0269. The highest BCUT2D eigenvalue weighted by molar-refractivity contribution is 5.89. The number of hydrazine groups is 1. The maximum atomic E-state index is 13.5. The normalized spacial score (nSPS) is 17.3. The molecule has 0 saturated carbocycles. The number of hydrogen-bond acceptors (Lipinski definition) is 3. The number of carbonyl (C=O) groups excluding carboxylic acids is 1. The Kier molecular flexibility index (Phi) is 3.89. The Morgan fingerprint density at radius 1 is 1.26 bits per heavy atom. The molecular formula is C16H15F3N2O2. The maximum Gasteiger partial charge on any atom is 0.409 e. The zero-order valence-electron chi connectivity index (χ0n) is 12.4. The van der Waals surface area contributed by atoms with E-state index >= 15 is 0 Å². The summed E-state index contributed by atoms with van der Waals surface area (Å²) in [6, 6.07) is 7.87. The summed E-state index contributed by atoms with van der Waals surface area (Å²) in [6.45, 7) is 0.0269. The quantitative estimate of drug-likeness (QED) is 0.943. The van der Waals surface area contributed by atoms with Gasteiger partial charge in [-0.05, 0) is 23.1 Å². The van der Waals surface area contributed by atoms with Gasteiger partial charge in [-0.2, -0.15) is 13.2 Å². The van der Waals surface area contributed by atoms with Gasteiger partial charge in [0.15, 0.2) is 0 Å². The van der Waals surface area contributed by atoms with Gasteiger partial charge in [0, 0.05) is 18.4 Å². The van der Waals surface area contributed by atoms with E-state index in [9.17, 15) is 18.0 Å². The van der Waals surface area contributed by atoms with Crippen molar-refractivity contribution in [3.05, 3.63) is 42.0 Å². The fourth-order valence-corrected chi connectivity index (χ4v) is 2.85. The first kappa shape index (κ1) is 15.6. The highest BCUT2D eigenvalue weighted by atomic mass is 19.4. The van der Waals surface area contributed by atoms with Gasteiger partial charge in [0.2, 0.25) is 5.91 Å². The molecule has 1 atom stereocenters. The summed E-state index contributed by atoms with van der Waals surface area (Å²) in [5.74, 6) is 0.203. The van der Waals surface area contributed by atoms with Crippen molar-refractivity contribution in [3.8, 4) is 5.75 Å². The third kappa shape index (κ3) is 2.96. The van der Waals surface area contributed by atoms with Crippen molar-refractivity contribution in [2.45, 2.75) is 18.6 Å². The number of rotatable bonds is 3. The van der Waals surface area contributed by atoms with E-state index in [1.54, 1.807) is 24.3 Å². The minimum atomic E-state index is -4.50. The van der Waals surface area contributed by atoms with E-state index in [-0.39, 0.29) is 18.5 Å². The molecule has 1 heterocycles. The number of benzene rings is 2. The van der Waals surface area contributed by atoms with E-state index in [2.05, 4.69) is 5.43 Å². The van der Waals surface area contributed by atoms with Crippen LogP contribution in [-0.4, -0.2) is 30.7 Å². The average molecular weight is 324 g/mol. The Labute approximate surface area is 130 Å². The van der Waals surface area contributed by atoms with Crippen molar-refractivity contribution >= 4 is 16.7 Å². The summed E-state index contributed by atoms with van der Waals surface area (Å²) in [7, 11) is 1.51. The molecule has 1 fully saturated rings. The number of nitrogens with one attached hydrogen (secondary N) is 1. The highest BCUT2D eigenvalue weighted by Gasteiger charge is 2.46. The first-order valence-electron chi connectivity index (χ1n) is 7.09. The van der Waals surface area contributed by atoms with Gasteiger partial charge in [0.05, 0.1) is 7.11 Å². The molecule has 122 valence electrons. The molecule has 7 heteroatoms. The fourth-order valence-electron chi connectivity index (χ4n) is 2.85. The van der Waals surface area contributed by atoms with Crippen molar-refractivity contribution in [1.29, 1.82) is 0 Å². The summed E-state index contributed by atoms with van der Waals surface area (Å²) >= 11 is 0. The SMILES string of the molecule is COc1cccc2cc([C@H](N3CCC(=O)N3)C(F)(F)F)ccc12. The zero-order chi connectivity index (χ0) is 16.6. The van der Waals surface area contributed by atoms with Crippen LogP contribution in [0, 0.1) is 0 Å². The smallest absolute Gasteiger partial charge is 0.409 e. The molecule has 1 amide bonds. The standard InChI is InChI=1S/C16H15F3N2O2/c1-23-13-4-2-3-10-9-11(5-6-12(10)13)15(16(17,18)19)21-8-7-14(22)20-21/h2-6,9,15H,7-8H2,1H3,(H,20,22)/t15-/m0/s1. The van der Waals surface area contributed by atoms with E-state index < -0.39 is 18.1 Å². The molecule has 1 aliphatic heterocycles. The van der Waals surface area contributed by atoms with Crippen LogP contribution in [0.5, 0.6) is 5.75 Å². The van der Waals surface area contributed by atoms with Crippen LogP contribution in [0.25, 0.3) is 10.8 Å². The first-order chi connectivity index (χ1) is 10.9. The predicted octanol–water partition coefficient (Wildman–Crippen LogP) is 3.19. The van der Waals surface area contributed by atoms with Crippen molar-refractivity contribution in [2.24, 2.45) is 0 Å². The largest absolute Gasteiger partial charge is 0.496 e. The lowest BCUT2D eigenvalue weighted by atomic mass is 10.0. The van der Waals surface area contributed by atoms with Crippen LogP contribution in [0.4, 0.5) is 13.2 Å².